The molecule has 0 heterocycles. The van der Waals surface area contributed by atoms with Crippen LogP contribution in [0.1, 0.15) is 16.7 Å². The molecule has 3 nitrogen and oxygen atoms in total. The summed E-state index contributed by atoms with van der Waals surface area (Å²) >= 11 is 4.91. The van der Waals surface area contributed by atoms with Crippen LogP contribution in [0.25, 0.3) is 5.57 Å². The number of thioether (sulfide) groups is 1. The highest BCUT2D eigenvalue weighted by molar-refractivity contribution is 9.10. The number of aliphatic carboxylic acids is 1. The van der Waals surface area contributed by atoms with Crippen molar-refractivity contribution in [1.82, 2.24) is 0 Å². The first-order valence-corrected chi connectivity index (χ1v) is 11.7. The average molecular weight is 537 g/mol. The number of ether oxygens (including phenoxy) is 1. The van der Waals surface area contributed by atoms with Gasteiger partial charge in [-0.2, -0.15) is 8.78 Å². The monoisotopic (exact) mass is 536 g/mol. The third kappa shape index (κ3) is 6.65. The Kier molecular flexibility index (Phi) is 8.63. The van der Waals surface area contributed by atoms with Crippen LogP contribution in [-0.4, -0.2) is 30.1 Å². The van der Waals surface area contributed by atoms with Gasteiger partial charge in [0.25, 0.3) is 0 Å². The third-order valence-corrected chi connectivity index (χ3v) is 6.57. The van der Waals surface area contributed by atoms with E-state index in [-0.39, 0.29) is 11.1 Å². The van der Waals surface area contributed by atoms with Crippen molar-refractivity contribution in [2.45, 2.75) is 10.8 Å². The van der Waals surface area contributed by atoms with Crippen LogP contribution in [0.2, 0.25) is 0 Å². The lowest BCUT2D eigenvalue weighted by atomic mass is 9.91. The predicted molar refractivity (Wildman–Crippen MR) is 128 cm³/mol. The summed E-state index contributed by atoms with van der Waals surface area (Å²) < 4.78 is 47.7. The Morgan fingerprint density at radius 1 is 1.06 bits per heavy atom. The fourth-order valence-corrected chi connectivity index (χ4v) is 4.65. The number of rotatable bonds is 10. The van der Waals surface area contributed by atoms with E-state index in [9.17, 15) is 18.0 Å². The molecular formula is C25H20BrF3O3S. The number of benzene rings is 3. The summed E-state index contributed by atoms with van der Waals surface area (Å²) in [5.74, 6) is -3.79. The van der Waals surface area contributed by atoms with Gasteiger partial charge in [-0.05, 0) is 50.8 Å². The van der Waals surface area contributed by atoms with Gasteiger partial charge in [0.05, 0.1) is 0 Å². The molecule has 0 spiro atoms. The van der Waals surface area contributed by atoms with Crippen molar-refractivity contribution in [3.63, 3.8) is 0 Å². The summed E-state index contributed by atoms with van der Waals surface area (Å²) in [5, 5.41) is 8.73. The largest absolute Gasteiger partial charge is 0.482 e. The Labute approximate surface area is 202 Å². The van der Waals surface area contributed by atoms with E-state index >= 15 is 0 Å². The first-order valence-electron chi connectivity index (χ1n) is 9.88. The van der Waals surface area contributed by atoms with Gasteiger partial charge in [-0.1, -0.05) is 60.7 Å². The second kappa shape index (κ2) is 11.4. The fourth-order valence-electron chi connectivity index (χ4n) is 3.16. The summed E-state index contributed by atoms with van der Waals surface area (Å²) in [5.41, 5.74) is 1.26. The molecule has 172 valence electrons. The molecule has 8 heteroatoms. The minimum Gasteiger partial charge on any atom is -0.482 e. The lowest BCUT2D eigenvalue weighted by molar-refractivity contribution is -0.139. The van der Waals surface area contributed by atoms with Crippen molar-refractivity contribution >= 4 is 39.2 Å². The zero-order chi connectivity index (χ0) is 23.8. The van der Waals surface area contributed by atoms with E-state index in [1.165, 1.54) is 23.9 Å². The molecule has 0 saturated carbocycles. The highest BCUT2D eigenvalue weighted by Gasteiger charge is 2.34. The Balaban J connectivity index is 1.89. The van der Waals surface area contributed by atoms with Crippen molar-refractivity contribution in [2.24, 2.45) is 0 Å². The normalized spacial score (nSPS) is 11.9. The highest BCUT2D eigenvalue weighted by atomic mass is 79.9. The van der Waals surface area contributed by atoms with Gasteiger partial charge in [0.2, 0.25) is 0 Å². The molecule has 0 radical (unpaired) electrons. The van der Waals surface area contributed by atoms with Crippen LogP contribution in [-0.2, 0) is 10.7 Å². The van der Waals surface area contributed by atoms with Crippen molar-refractivity contribution in [1.29, 1.82) is 0 Å². The Hall–Kier alpha value is -2.71. The predicted octanol–water partition coefficient (Wildman–Crippen LogP) is 7.20. The fraction of sp³-hybridized carbons (Fsp3) is 0.160. The Morgan fingerprint density at radius 2 is 1.76 bits per heavy atom. The van der Waals surface area contributed by atoms with Crippen LogP contribution in [0.3, 0.4) is 0 Å². The molecule has 0 aliphatic carbocycles. The topological polar surface area (TPSA) is 46.5 Å². The van der Waals surface area contributed by atoms with Crippen LogP contribution in [0.15, 0.2) is 88.2 Å². The van der Waals surface area contributed by atoms with Crippen molar-refractivity contribution in [3.8, 4) is 5.75 Å². The van der Waals surface area contributed by atoms with E-state index < -0.39 is 25.2 Å². The maximum absolute atomic E-state index is 14.4. The molecule has 33 heavy (non-hydrogen) atoms. The summed E-state index contributed by atoms with van der Waals surface area (Å²) in [4.78, 5) is 11.5. The van der Waals surface area contributed by atoms with Crippen LogP contribution >= 0.6 is 27.7 Å². The van der Waals surface area contributed by atoms with Crippen LogP contribution < -0.4 is 4.74 Å². The SMILES string of the molecule is O=C(O)COc1ccc(SC/C=C(/c2ccccc2)c2ccccc2C(F)(F)CF)c(Br)c1. The van der Waals surface area contributed by atoms with Crippen LogP contribution in [0.4, 0.5) is 13.2 Å². The van der Waals surface area contributed by atoms with E-state index in [0.717, 1.165) is 14.9 Å². The molecule has 3 aromatic rings. The average Bonchev–Trinajstić information content (AvgIpc) is 2.82. The van der Waals surface area contributed by atoms with Crippen molar-refractivity contribution in [2.75, 3.05) is 19.0 Å². The van der Waals surface area contributed by atoms with E-state index in [1.54, 1.807) is 30.3 Å². The van der Waals surface area contributed by atoms with E-state index in [0.29, 0.717) is 17.1 Å². The van der Waals surface area contributed by atoms with Gasteiger partial charge in [-0.3, -0.25) is 0 Å². The number of carboxylic acids is 1. The number of hydrogen-bond acceptors (Lipinski definition) is 3. The smallest absolute Gasteiger partial charge is 0.341 e. The molecule has 0 fully saturated rings. The summed E-state index contributed by atoms with van der Waals surface area (Å²) in [6.07, 6.45) is 1.84. The van der Waals surface area contributed by atoms with E-state index in [4.69, 9.17) is 9.84 Å². The molecule has 0 saturated heterocycles. The zero-order valence-corrected chi connectivity index (χ0v) is 19.7. The quantitative estimate of drug-likeness (QED) is 0.278. The number of hydrogen-bond donors (Lipinski definition) is 1. The maximum atomic E-state index is 14.4. The molecule has 1 N–H and O–H groups in total. The van der Waals surface area contributed by atoms with Crippen molar-refractivity contribution < 1.29 is 27.8 Å². The maximum Gasteiger partial charge on any atom is 0.341 e. The van der Waals surface area contributed by atoms with E-state index in [1.807, 2.05) is 36.4 Å². The molecule has 3 rings (SSSR count). The number of alkyl halides is 3. The number of carboxylic acid groups (broad SMARTS) is 1. The van der Waals surface area contributed by atoms with Gasteiger partial charge in [-0.25, -0.2) is 9.18 Å². The molecule has 0 amide bonds. The minimum absolute atomic E-state index is 0.281. The lowest BCUT2D eigenvalue weighted by Crippen LogP contribution is -2.18. The van der Waals surface area contributed by atoms with Crippen molar-refractivity contribution in [3.05, 3.63) is 100 Å². The highest BCUT2D eigenvalue weighted by Crippen LogP contribution is 2.37. The first-order chi connectivity index (χ1) is 15.8. The summed E-state index contributed by atoms with van der Waals surface area (Å²) in [7, 11) is 0. The minimum atomic E-state index is -3.59. The van der Waals surface area contributed by atoms with Crippen LogP contribution in [0, 0.1) is 0 Å². The molecule has 0 atom stereocenters. The molecular weight excluding hydrogens is 517 g/mol. The van der Waals surface area contributed by atoms with Gasteiger partial charge in [-0.15, -0.1) is 11.8 Å². The lowest BCUT2D eigenvalue weighted by Gasteiger charge is -2.19. The number of halogens is 4. The second-order valence-electron chi connectivity index (χ2n) is 6.95. The van der Waals surface area contributed by atoms with E-state index in [2.05, 4.69) is 15.9 Å². The molecule has 0 aliphatic rings. The zero-order valence-electron chi connectivity index (χ0n) is 17.3. The third-order valence-electron chi connectivity index (χ3n) is 4.66. The van der Waals surface area contributed by atoms with Gasteiger partial charge in [0.1, 0.15) is 5.75 Å². The first kappa shape index (κ1) is 24.9. The van der Waals surface area contributed by atoms with Gasteiger partial charge < -0.3 is 9.84 Å². The molecule has 0 aliphatic heterocycles. The van der Waals surface area contributed by atoms with Crippen LogP contribution in [0.5, 0.6) is 5.75 Å². The molecule has 0 bridgehead atoms. The molecule has 0 aromatic heterocycles. The van der Waals surface area contributed by atoms with Gasteiger partial charge in [0, 0.05) is 20.7 Å². The Bertz CT molecular complexity index is 1140. The summed E-state index contributed by atoms with van der Waals surface area (Å²) in [6.45, 7) is -2.21. The second-order valence-corrected chi connectivity index (χ2v) is 8.87. The number of carbonyl (C=O) groups is 1. The molecule has 0 unspecified atom stereocenters. The standard InChI is InChI=1S/C25H20BrF3O3S/c26-22-14-18(32-15-24(30)31)10-11-23(22)33-13-12-19(17-6-2-1-3-7-17)20-8-4-5-9-21(20)25(28,29)16-27/h1-12,14H,13,15-16H2,(H,30,31)/b19-12-. The molecule has 3 aromatic carbocycles. The van der Waals surface area contributed by atoms with Gasteiger partial charge >= 0.3 is 11.9 Å². The summed E-state index contributed by atoms with van der Waals surface area (Å²) in [6, 6.07) is 20.2. The van der Waals surface area contributed by atoms with Gasteiger partial charge in [0.15, 0.2) is 13.3 Å². The Morgan fingerprint density at radius 3 is 2.42 bits per heavy atom.